The van der Waals surface area contributed by atoms with Gasteiger partial charge in [0.1, 0.15) is 0 Å². The Labute approximate surface area is 210 Å². The van der Waals surface area contributed by atoms with Gasteiger partial charge < -0.3 is 5.32 Å². The lowest BCUT2D eigenvalue weighted by atomic mass is 9.97. The average Bonchev–Trinajstić information content (AvgIpc) is 3.29. The number of hydrogen-bond acceptors (Lipinski definition) is 9. The van der Waals surface area contributed by atoms with E-state index in [0.29, 0.717) is 33.2 Å². The number of carbonyl (C=O) groups is 4. The fourth-order valence-corrected chi connectivity index (χ4v) is 5.15. The first kappa shape index (κ1) is 26.0. The van der Waals surface area contributed by atoms with Crippen LogP contribution in [0.4, 0.5) is 5.69 Å². The summed E-state index contributed by atoms with van der Waals surface area (Å²) in [4.78, 5) is 56.8. The van der Waals surface area contributed by atoms with Crippen LogP contribution < -0.4 is 5.32 Å². The predicted octanol–water partition coefficient (Wildman–Crippen LogP) is 2.67. The second kappa shape index (κ2) is 10.5. The Hall–Kier alpha value is -3.10. The standard InChI is InChI=1S/C23H22N2O9S2/c1-13(26)35-9-8-21(27)24-14-2-4-16-17-5-3-15(36(30,31)32)11-19(17)20(18(16)10-14)12-33-34-25-22(28)6-7-23(25)29/h2-5,10-11,20H,6-9,12H2,1H3,(H,24,27)(H,30,31,32). The number of benzene rings is 2. The van der Waals surface area contributed by atoms with Crippen molar-refractivity contribution in [1.82, 2.24) is 5.06 Å². The molecule has 190 valence electrons. The second-order valence-electron chi connectivity index (χ2n) is 8.16. The van der Waals surface area contributed by atoms with Gasteiger partial charge in [-0.05, 0) is 46.5 Å². The Balaban J connectivity index is 1.58. The molecular formula is C23H22N2O9S2. The van der Waals surface area contributed by atoms with Crippen molar-refractivity contribution in [3.63, 3.8) is 0 Å². The van der Waals surface area contributed by atoms with Crippen LogP contribution in [0.2, 0.25) is 0 Å². The van der Waals surface area contributed by atoms with Crippen LogP contribution in [-0.4, -0.2) is 53.2 Å². The smallest absolute Gasteiger partial charge is 0.294 e. The van der Waals surface area contributed by atoms with Crippen LogP contribution in [0.3, 0.4) is 0 Å². The van der Waals surface area contributed by atoms with E-state index in [2.05, 4.69) is 5.32 Å². The summed E-state index contributed by atoms with van der Waals surface area (Å²) in [6.07, 6.45) is 0.170. The first-order valence-electron chi connectivity index (χ1n) is 10.9. The van der Waals surface area contributed by atoms with E-state index in [-0.39, 0.29) is 41.8 Å². The zero-order chi connectivity index (χ0) is 26.0. The van der Waals surface area contributed by atoms with Crippen LogP contribution in [0.5, 0.6) is 0 Å². The number of carbonyl (C=O) groups excluding carboxylic acids is 4. The van der Waals surface area contributed by atoms with E-state index in [9.17, 15) is 32.1 Å². The van der Waals surface area contributed by atoms with Gasteiger partial charge in [0.15, 0.2) is 5.12 Å². The van der Waals surface area contributed by atoms with Gasteiger partial charge in [0.25, 0.3) is 21.9 Å². The Morgan fingerprint density at radius 3 is 2.36 bits per heavy atom. The minimum atomic E-state index is -4.48. The monoisotopic (exact) mass is 534 g/mol. The number of anilines is 1. The van der Waals surface area contributed by atoms with Crippen LogP contribution in [0.25, 0.3) is 11.1 Å². The van der Waals surface area contributed by atoms with Gasteiger partial charge >= 0.3 is 0 Å². The predicted molar refractivity (Wildman–Crippen MR) is 128 cm³/mol. The van der Waals surface area contributed by atoms with E-state index >= 15 is 0 Å². The fourth-order valence-electron chi connectivity index (χ4n) is 4.06. The molecule has 3 amide bonds. The second-order valence-corrected chi connectivity index (χ2v) is 10.9. The van der Waals surface area contributed by atoms with E-state index in [0.717, 1.165) is 17.3 Å². The van der Waals surface area contributed by atoms with E-state index < -0.39 is 27.9 Å². The van der Waals surface area contributed by atoms with Gasteiger partial charge in [-0.3, -0.25) is 23.7 Å². The van der Waals surface area contributed by atoms with Crippen molar-refractivity contribution in [2.75, 3.05) is 17.7 Å². The zero-order valence-corrected chi connectivity index (χ0v) is 20.7. The SMILES string of the molecule is CC(=O)SCCC(=O)Nc1ccc2c(c1)C(COON1C(=O)CCC1=O)c1cc(S(=O)(=O)O)ccc1-2. The Morgan fingerprint density at radius 2 is 1.72 bits per heavy atom. The van der Waals surface area contributed by atoms with E-state index in [4.69, 9.17) is 9.88 Å². The Kier molecular flexibility index (Phi) is 7.57. The molecule has 0 saturated carbocycles. The van der Waals surface area contributed by atoms with E-state index in [1.807, 2.05) is 0 Å². The molecular weight excluding hydrogens is 512 g/mol. The molecule has 1 unspecified atom stereocenters. The highest BCUT2D eigenvalue weighted by atomic mass is 32.2. The summed E-state index contributed by atoms with van der Waals surface area (Å²) < 4.78 is 33.0. The number of rotatable bonds is 9. The lowest BCUT2D eigenvalue weighted by Crippen LogP contribution is -2.30. The van der Waals surface area contributed by atoms with Crippen LogP contribution in [0.15, 0.2) is 41.3 Å². The summed E-state index contributed by atoms with van der Waals surface area (Å²) >= 11 is 1.05. The third kappa shape index (κ3) is 5.65. The highest BCUT2D eigenvalue weighted by Crippen LogP contribution is 2.46. The molecule has 2 aromatic carbocycles. The molecule has 0 radical (unpaired) electrons. The van der Waals surface area contributed by atoms with Crippen LogP contribution >= 0.6 is 11.8 Å². The van der Waals surface area contributed by atoms with Crippen molar-refractivity contribution in [2.24, 2.45) is 0 Å². The first-order chi connectivity index (χ1) is 17.0. The maximum absolute atomic E-state index is 12.3. The molecule has 1 aliphatic carbocycles. The van der Waals surface area contributed by atoms with Crippen molar-refractivity contribution in [3.05, 3.63) is 47.5 Å². The molecule has 0 aromatic heterocycles. The maximum atomic E-state index is 12.3. The summed E-state index contributed by atoms with van der Waals surface area (Å²) in [6, 6.07) is 9.32. The van der Waals surface area contributed by atoms with Gasteiger partial charge in [-0.25, -0.2) is 4.89 Å². The van der Waals surface area contributed by atoms with Crippen LogP contribution in [0, 0.1) is 0 Å². The molecule has 4 rings (SSSR count). The number of nitrogens with zero attached hydrogens (tertiary/aromatic N) is 1. The molecule has 1 heterocycles. The van der Waals surface area contributed by atoms with E-state index in [1.54, 1.807) is 24.3 Å². The van der Waals surface area contributed by atoms with Gasteiger partial charge in [0.05, 0.1) is 11.5 Å². The minimum absolute atomic E-state index is 0.0169. The number of thioether (sulfide) groups is 1. The fraction of sp³-hybridized carbons (Fsp3) is 0.304. The molecule has 2 N–H and O–H groups in total. The Morgan fingerprint density at radius 1 is 1.08 bits per heavy atom. The zero-order valence-electron chi connectivity index (χ0n) is 19.1. The molecule has 2 aromatic rings. The topological polar surface area (TPSA) is 156 Å². The molecule has 1 saturated heterocycles. The number of hydrogen-bond donors (Lipinski definition) is 2. The summed E-state index contributed by atoms with van der Waals surface area (Å²) in [5, 5.41) is 3.24. The minimum Gasteiger partial charge on any atom is -0.326 e. The van der Waals surface area contributed by atoms with Crippen LogP contribution in [0.1, 0.15) is 43.2 Å². The number of hydroxylamine groups is 2. The highest BCUT2D eigenvalue weighted by molar-refractivity contribution is 8.13. The molecule has 0 spiro atoms. The third-order valence-corrected chi connectivity index (χ3v) is 7.36. The summed E-state index contributed by atoms with van der Waals surface area (Å²) in [7, 11) is -4.48. The lowest BCUT2D eigenvalue weighted by molar-refractivity contribution is -0.394. The van der Waals surface area contributed by atoms with Gasteiger partial charge in [-0.2, -0.15) is 8.42 Å². The molecule has 1 fully saturated rings. The molecule has 11 nitrogen and oxygen atoms in total. The number of amides is 3. The number of fused-ring (bicyclic) bond motifs is 3. The van der Waals surface area contributed by atoms with Crippen LogP contribution in [-0.2, 0) is 39.2 Å². The quantitative estimate of drug-likeness (QED) is 0.212. The third-order valence-electron chi connectivity index (χ3n) is 5.70. The van der Waals surface area contributed by atoms with Gasteiger partial charge in [0.2, 0.25) is 5.91 Å². The van der Waals surface area contributed by atoms with E-state index in [1.165, 1.54) is 19.1 Å². The summed E-state index contributed by atoms with van der Waals surface area (Å²) in [5.41, 5.74) is 3.11. The first-order valence-corrected chi connectivity index (χ1v) is 13.3. The van der Waals surface area contributed by atoms with Crippen molar-refractivity contribution in [1.29, 1.82) is 0 Å². The summed E-state index contributed by atoms with van der Waals surface area (Å²) in [6.45, 7) is 1.23. The van der Waals surface area contributed by atoms with Gasteiger partial charge in [-0.1, -0.05) is 23.9 Å². The largest absolute Gasteiger partial charge is 0.326 e. The van der Waals surface area contributed by atoms with Gasteiger partial charge in [0, 0.05) is 43.5 Å². The van der Waals surface area contributed by atoms with Crippen molar-refractivity contribution in [3.8, 4) is 11.1 Å². The Bertz CT molecular complexity index is 1340. The molecule has 1 atom stereocenters. The highest BCUT2D eigenvalue weighted by Gasteiger charge is 2.34. The van der Waals surface area contributed by atoms with Crippen molar-refractivity contribution in [2.45, 2.75) is 37.0 Å². The lowest BCUT2D eigenvalue weighted by Gasteiger charge is -2.17. The molecule has 1 aliphatic heterocycles. The summed E-state index contributed by atoms with van der Waals surface area (Å²) in [5.74, 6) is -1.61. The average molecular weight is 535 g/mol. The van der Waals surface area contributed by atoms with Crippen molar-refractivity contribution < 1.29 is 42.0 Å². The normalized spacial score (nSPS) is 16.7. The molecule has 2 aliphatic rings. The molecule has 13 heteroatoms. The van der Waals surface area contributed by atoms with Crippen molar-refractivity contribution >= 4 is 50.4 Å². The maximum Gasteiger partial charge on any atom is 0.294 e. The molecule has 0 bridgehead atoms. The number of nitrogens with one attached hydrogen (secondary N) is 1. The van der Waals surface area contributed by atoms with Gasteiger partial charge in [-0.15, -0.1) is 10.1 Å². The number of imide groups is 1. The molecule has 36 heavy (non-hydrogen) atoms.